The van der Waals surface area contributed by atoms with Crippen molar-refractivity contribution in [2.45, 2.75) is 24.5 Å². The third-order valence-corrected chi connectivity index (χ3v) is 9.80. The molecule has 3 aliphatic carbocycles. The van der Waals surface area contributed by atoms with E-state index < -0.39 is 70.1 Å². The number of aliphatic hydroxyl groups is 1. The van der Waals surface area contributed by atoms with E-state index in [-0.39, 0.29) is 29.9 Å². The van der Waals surface area contributed by atoms with Gasteiger partial charge in [0.2, 0.25) is 5.91 Å². The zero-order chi connectivity index (χ0) is 34.7. The van der Waals surface area contributed by atoms with Crippen LogP contribution in [0.2, 0.25) is 0 Å². The largest absolute Gasteiger partial charge is 0.507 e. The Labute approximate surface area is 272 Å². The van der Waals surface area contributed by atoms with Gasteiger partial charge in [0.25, 0.3) is 5.91 Å². The predicted molar refractivity (Wildman–Crippen MR) is 172 cm³/mol. The number of fused-ring (bicyclic) bond motifs is 3. The molecule has 13 nitrogen and oxygen atoms in total. The van der Waals surface area contributed by atoms with Crippen LogP contribution in [0.4, 0.5) is 5.69 Å². The Hall–Kier alpha value is -4.46. The Balaban J connectivity index is 1.60. The fourth-order valence-corrected chi connectivity index (χ4v) is 7.59. The van der Waals surface area contributed by atoms with E-state index in [2.05, 4.69) is 5.32 Å². The topological polar surface area (TPSA) is 191 Å². The molecule has 0 saturated heterocycles. The van der Waals surface area contributed by atoms with E-state index in [0.717, 1.165) is 0 Å². The molecule has 2 aromatic carbocycles. The number of aromatic hydroxyl groups is 1. The molecule has 2 saturated carbocycles. The van der Waals surface area contributed by atoms with Crippen molar-refractivity contribution in [3.63, 3.8) is 0 Å². The fourth-order valence-electron chi connectivity index (χ4n) is 7.59. The summed E-state index contributed by atoms with van der Waals surface area (Å²) >= 11 is 0. The van der Waals surface area contributed by atoms with Crippen LogP contribution in [-0.2, 0) is 25.6 Å². The molecule has 3 aliphatic rings. The van der Waals surface area contributed by atoms with Gasteiger partial charge in [-0.2, -0.15) is 0 Å². The number of nitrogens with two attached hydrogens (primary N) is 1. The summed E-state index contributed by atoms with van der Waals surface area (Å²) in [4.78, 5) is 85.7. The van der Waals surface area contributed by atoms with E-state index in [1.165, 1.54) is 4.90 Å². The second kappa shape index (κ2) is 12.3. The van der Waals surface area contributed by atoms with Crippen molar-refractivity contribution in [1.82, 2.24) is 15.1 Å². The van der Waals surface area contributed by atoms with Gasteiger partial charge in [-0.1, -0.05) is 12.1 Å². The highest BCUT2D eigenvalue weighted by Crippen LogP contribution is 2.53. The third-order valence-electron chi connectivity index (χ3n) is 9.80. The summed E-state index contributed by atoms with van der Waals surface area (Å²) in [6.45, 7) is 1.07. The van der Waals surface area contributed by atoms with E-state index >= 15 is 0 Å². The smallest absolute Gasteiger partial charge is 0.251 e. The number of rotatable bonds is 8. The maximum absolute atomic E-state index is 14.3. The first-order chi connectivity index (χ1) is 22.0. The molecule has 2 fully saturated rings. The summed E-state index contributed by atoms with van der Waals surface area (Å²) in [6, 6.07) is 7.14. The second-order valence-corrected chi connectivity index (χ2v) is 13.5. The molecule has 5 N–H and O–H groups in total. The SMILES string of the molecule is CN(C)CCNC(=O)c1cccc(-c2cc(N(C)C)c3c(c2O)C(=O)C2C(=O)[C@]4(O)C(=O)C(C(N)=O)C(=O)C(N(C)C)[C@@H]4C[C@@H]2C3)c1. The first-order valence-electron chi connectivity index (χ1n) is 15.5. The number of hydrogen-bond acceptors (Lipinski definition) is 11. The van der Waals surface area contributed by atoms with Gasteiger partial charge in [-0.15, -0.1) is 0 Å². The van der Waals surface area contributed by atoms with Gasteiger partial charge in [0, 0.05) is 49.9 Å². The average molecular weight is 648 g/mol. The molecule has 0 aliphatic heterocycles. The maximum Gasteiger partial charge on any atom is 0.251 e. The number of carbonyl (C=O) groups is 6. The molecular weight excluding hydrogens is 606 g/mol. The predicted octanol–water partition coefficient (Wildman–Crippen LogP) is -0.109. The summed E-state index contributed by atoms with van der Waals surface area (Å²) in [6.07, 6.45) is 0.103. The second-order valence-electron chi connectivity index (χ2n) is 13.5. The molecule has 47 heavy (non-hydrogen) atoms. The van der Waals surface area contributed by atoms with Crippen LogP contribution in [0.1, 0.15) is 32.7 Å². The molecule has 0 radical (unpaired) electrons. The molecule has 13 heteroatoms. The molecule has 3 unspecified atom stereocenters. The normalized spacial score (nSPS) is 27.0. The lowest BCUT2D eigenvalue weighted by Crippen LogP contribution is -2.74. The van der Waals surface area contributed by atoms with E-state index in [1.807, 2.05) is 19.0 Å². The van der Waals surface area contributed by atoms with Crippen LogP contribution in [0.3, 0.4) is 0 Å². The van der Waals surface area contributed by atoms with Crippen LogP contribution < -0.4 is 16.0 Å². The number of ketones is 4. The summed E-state index contributed by atoms with van der Waals surface area (Å²) in [5.74, 6) is -11.4. The standard InChI is InChI=1S/C34H41N5O8/c1-37(2)11-10-36-33(46)17-9-7-8-16(12-17)19-15-22(38(3)4)20-13-18-14-21-26(39(5)6)29(42)25(32(35)45)31(44)34(21,47)30(43)23(18)28(41)24(20)27(19)40/h7-9,12,15,18,21,23,25-26,40,47H,10-11,13-14H2,1-6H3,(H2,35,45)(H,36,46)/t18-,21-,23?,25?,26?,34-/m0/s1. The number of primary amides is 1. The lowest BCUT2D eigenvalue weighted by Gasteiger charge is -2.52. The third kappa shape index (κ3) is 5.41. The zero-order valence-electron chi connectivity index (χ0n) is 27.4. The van der Waals surface area contributed by atoms with Crippen molar-refractivity contribution in [3.05, 3.63) is 47.0 Å². The molecule has 2 amide bonds. The molecule has 6 atom stereocenters. The van der Waals surface area contributed by atoms with Gasteiger partial charge in [-0.05, 0) is 76.3 Å². The first-order valence-corrected chi connectivity index (χ1v) is 15.5. The number of phenols is 1. The van der Waals surface area contributed by atoms with Crippen molar-refractivity contribution >= 4 is 40.6 Å². The van der Waals surface area contributed by atoms with Crippen LogP contribution >= 0.6 is 0 Å². The Morgan fingerprint density at radius 3 is 2.30 bits per heavy atom. The van der Waals surface area contributed by atoms with Crippen molar-refractivity contribution in [3.8, 4) is 16.9 Å². The van der Waals surface area contributed by atoms with E-state index in [4.69, 9.17) is 5.73 Å². The summed E-state index contributed by atoms with van der Waals surface area (Å²) in [7, 11) is 10.4. The van der Waals surface area contributed by atoms with Gasteiger partial charge in [0.05, 0.1) is 17.5 Å². The van der Waals surface area contributed by atoms with E-state index in [9.17, 15) is 39.0 Å². The highest BCUT2D eigenvalue weighted by Gasteiger charge is 2.69. The van der Waals surface area contributed by atoms with Crippen LogP contribution in [0.15, 0.2) is 30.3 Å². The molecule has 0 spiro atoms. The molecule has 5 rings (SSSR count). The average Bonchev–Trinajstić information content (AvgIpc) is 2.98. The minimum absolute atomic E-state index is 0.0374. The van der Waals surface area contributed by atoms with Crippen molar-refractivity contribution in [2.24, 2.45) is 29.4 Å². The van der Waals surface area contributed by atoms with Gasteiger partial charge in [0.1, 0.15) is 5.75 Å². The maximum atomic E-state index is 14.3. The van der Waals surface area contributed by atoms with Crippen molar-refractivity contribution in [1.29, 1.82) is 0 Å². The number of amides is 2. The zero-order valence-corrected chi connectivity index (χ0v) is 27.4. The Morgan fingerprint density at radius 1 is 1.02 bits per heavy atom. The molecule has 0 heterocycles. The Bertz CT molecular complexity index is 1700. The van der Waals surface area contributed by atoms with Gasteiger partial charge >= 0.3 is 0 Å². The number of anilines is 1. The molecule has 0 bridgehead atoms. The number of likely N-dealkylation sites (N-methyl/N-ethyl adjacent to an activating group) is 2. The number of nitrogens with zero attached hydrogens (tertiary/aromatic N) is 3. The Morgan fingerprint density at radius 2 is 1.70 bits per heavy atom. The highest BCUT2D eigenvalue weighted by molar-refractivity contribution is 6.32. The number of nitrogens with one attached hydrogen (secondary N) is 1. The quantitative estimate of drug-likeness (QED) is 0.280. The number of benzene rings is 2. The lowest BCUT2D eigenvalue weighted by molar-refractivity contribution is -0.181. The van der Waals surface area contributed by atoms with Crippen molar-refractivity contribution in [2.75, 3.05) is 60.3 Å². The van der Waals surface area contributed by atoms with E-state index in [0.29, 0.717) is 35.5 Å². The first kappa shape index (κ1) is 33.9. The van der Waals surface area contributed by atoms with Gasteiger partial charge < -0.3 is 31.1 Å². The number of carbonyl (C=O) groups excluding carboxylic acids is 6. The van der Waals surface area contributed by atoms with E-state index in [1.54, 1.807) is 63.4 Å². The Kier molecular flexibility index (Phi) is 8.86. The van der Waals surface area contributed by atoms with Gasteiger partial charge in [0.15, 0.2) is 34.7 Å². The lowest BCUT2D eigenvalue weighted by atomic mass is 9.52. The van der Waals surface area contributed by atoms with Crippen LogP contribution in [-0.4, -0.2) is 122 Å². The van der Waals surface area contributed by atoms with Crippen LogP contribution in [0, 0.1) is 23.7 Å². The minimum atomic E-state index is -2.80. The highest BCUT2D eigenvalue weighted by atomic mass is 16.3. The molecule has 2 aromatic rings. The van der Waals surface area contributed by atoms with Crippen molar-refractivity contribution < 1.29 is 39.0 Å². The van der Waals surface area contributed by atoms with Crippen LogP contribution in [0.25, 0.3) is 11.1 Å². The van der Waals surface area contributed by atoms with Crippen LogP contribution in [0.5, 0.6) is 5.75 Å². The van der Waals surface area contributed by atoms with Gasteiger partial charge in [-0.25, -0.2) is 0 Å². The number of Topliss-reactive ketones (excluding diaryl/α,β-unsaturated/α-hetero) is 4. The number of phenolic OH excluding ortho intramolecular Hbond substituents is 1. The molecule has 250 valence electrons. The number of hydrogen-bond donors (Lipinski definition) is 4. The fraction of sp³-hybridized carbons (Fsp3) is 0.471. The minimum Gasteiger partial charge on any atom is -0.507 e. The summed E-state index contributed by atoms with van der Waals surface area (Å²) < 4.78 is 0. The van der Waals surface area contributed by atoms with Gasteiger partial charge in [-0.3, -0.25) is 33.7 Å². The molecular formula is C34H41N5O8. The summed E-state index contributed by atoms with van der Waals surface area (Å²) in [5.41, 5.74) is 4.63. The summed E-state index contributed by atoms with van der Waals surface area (Å²) in [5, 5.41) is 26.4. The monoisotopic (exact) mass is 647 g/mol. The molecule has 0 aromatic heterocycles.